The summed E-state index contributed by atoms with van der Waals surface area (Å²) in [7, 11) is 0. The van der Waals surface area contributed by atoms with E-state index in [-0.39, 0.29) is 0 Å². The SMILES string of the molecule is CCc1nc(NCc2cnc(CC)o2)c2ccsc2n1. The number of anilines is 1. The molecule has 20 heavy (non-hydrogen) atoms. The first-order chi connectivity index (χ1) is 9.80. The van der Waals surface area contributed by atoms with Crippen LogP contribution in [0.4, 0.5) is 5.82 Å². The minimum absolute atomic E-state index is 0.581. The fraction of sp³-hybridized carbons (Fsp3) is 0.357. The Morgan fingerprint density at radius 2 is 2.15 bits per heavy atom. The molecule has 3 aromatic heterocycles. The lowest BCUT2D eigenvalue weighted by molar-refractivity contribution is 0.465. The summed E-state index contributed by atoms with van der Waals surface area (Å²) in [6, 6.07) is 2.04. The van der Waals surface area contributed by atoms with Crippen LogP contribution < -0.4 is 5.32 Å². The first-order valence-electron chi connectivity index (χ1n) is 6.71. The molecule has 0 aromatic carbocycles. The number of hydrogen-bond acceptors (Lipinski definition) is 6. The number of fused-ring (bicyclic) bond motifs is 1. The van der Waals surface area contributed by atoms with E-state index < -0.39 is 0 Å². The maximum atomic E-state index is 5.59. The molecule has 0 bridgehead atoms. The first-order valence-corrected chi connectivity index (χ1v) is 7.59. The Hall–Kier alpha value is -1.95. The number of rotatable bonds is 5. The van der Waals surface area contributed by atoms with Crippen LogP contribution in [-0.4, -0.2) is 15.0 Å². The van der Waals surface area contributed by atoms with Crippen molar-refractivity contribution in [3.8, 4) is 0 Å². The number of oxazole rings is 1. The molecule has 5 nitrogen and oxygen atoms in total. The van der Waals surface area contributed by atoms with Crippen molar-refractivity contribution in [1.82, 2.24) is 15.0 Å². The molecule has 0 spiro atoms. The average Bonchev–Trinajstić information content (AvgIpc) is 3.12. The topological polar surface area (TPSA) is 63.8 Å². The fourth-order valence-corrected chi connectivity index (χ4v) is 2.74. The molecule has 1 N–H and O–H groups in total. The molecule has 0 radical (unpaired) electrons. The number of hydrogen-bond donors (Lipinski definition) is 1. The number of aryl methyl sites for hydroxylation is 2. The quantitative estimate of drug-likeness (QED) is 0.779. The molecule has 3 aromatic rings. The molecule has 104 valence electrons. The van der Waals surface area contributed by atoms with E-state index in [4.69, 9.17) is 4.42 Å². The normalized spacial score (nSPS) is 11.1. The van der Waals surface area contributed by atoms with E-state index in [9.17, 15) is 0 Å². The van der Waals surface area contributed by atoms with E-state index >= 15 is 0 Å². The first kappa shape index (κ1) is 13.1. The van der Waals surface area contributed by atoms with Crippen molar-refractivity contribution in [2.24, 2.45) is 0 Å². The van der Waals surface area contributed by atoms with Gasteiger partial charge in [-0.1, -0.05) is 13.8 Å². The van der Waals surface area contributed by atoms with Crippen molar-refractivity contribution in [1.29, 1.82) is 0 Å². The number of aromatic nitrogens is 3. The highest BCUT2D eigenvalue weighted by Crippen LogP contribution is 2.25. The number of nitrogens with zero attached hydrogens (tertiary/aromatic N) is 3. The molecule has 3 heterocycles. The second kappa shape index (κ2) is 5.58. The Morgan fingerprint density at radius 3 is 2.90 bits per heavy atom. The second-order valence-electron chi connectivity index (χ2n) is 4.41. The van der Waals surface area contributed by atoms with Gasteiger partial charge >= 0.3 is 0 Å². The third-order valence-electron chi connectivity index (χ3n) is 3.02. The highest BCUT2D eigenvalue weighted by Gasteiger charge is 2.09. The summed E-state index contributed by atoms with van der Waals surface area (Å²) in [6.45, 7) is 4.66. The molecular formula is C14H16N4OS. The standard InChI is InChI=1S/C14H16N4OS/c1-3-11-17-13(10-5-6-20-14(10)18-11)16-8-9-7-15-12(4-2)19-9/h5-7H,3-4,8H2,1-2H3,(H,16,17,18). The van der Waals surface area contributed by atoms with Crippen molar-refractivity contribution in [2.75, 3.05) is 5.32 Å². The van der Waals surface area contributed by atoms with Crippen molar-refractivity contribution in [2.45, 2.75) is 33.2 Å². The molecule has 0 aliphatic carbocycles. The van der Waals surface area contributed by atoms with E-state index in [1.165, 1.54) is 0 Å². The Morgan fingerprint density at radius 1 is 1.25 bits per heavy atom. The minimum atomic E-state index is 0.581. The van der Waals surface area contributed by atoms with Crippen molar-refractivity contribution >= 4 is 27.4 Å². The summed E-state index contributed by atoms with van der Waals surface area (Å²) >= 11 is 1.63. The Labute approximate surface area is 121 Å². The van der Waals surface area contributed by atoms with Crippen LogP contribution in [0.25, 0.3) is 10.2 Å². The zero-order valence-corrected chi connectivity index (χ0v) is 12.3. The molecule has 0 amide bonds. The van der Waals surface area contributed by atoms with Gasteiger partial charge in [0.2, 0.25) is 0 Å². The Kier molecular flexibility index (Phi) is 3.64. The zero-order valence-electron chi connectivity index (χ0n) is 11.5. The van der Waals surface area contributed by atoms with Crippen molar-refractivity contribution in [3.63, 3.8) is 0 Å². The zero-order chi connectivity index (χ0) is 13.9. The minimum Gasteiger partial charge on any atom is -0.444 e. The van der Waals surface area contributed by atoms with Gasteiger partial charge in [0.05, 0.1) is 18.1 Å². The van der Waals surface area contributed by atoms with Gasteiger partial charge in [0.15, 0.2) is 5.89 Å². The lowest BCUT2D eigenvalue weighted by Gasteiger charge is -2.06. The van der Waals surface area contributed by atoms with Gasteiger partial charge in [-0.05, 0) is 11.4 Å². The molecule has 0 saturated carbocycles. The summed E-state index contributed by atoms with van der Waals surface area (Å²) < 4.78 is 5.59. The monoisotopic (exact) mass is 288 g/mol. The van der Waals surface area contributed by atoms with Crippen LogP contribution in [0.2, 0.25) is 0 Å². The lowest BCUT2D eigenvalue weighted by Crippen LogP contribution is -2.04. The van der Waals surface area contributed by atoms with Gasteiger partial charge in [-0.2, -0.15) is 0 Å². The predicted molar refractivity (Wildman–Crippen MR) is 80.0 cm³/mol. The molecular weight excluding hydrogens is 272 g/mol. The molecule has 0 aliphatic heterocycles. The van der Waals surface area contributed by atoms with Crippen molar-refractivity contribution in [3.05, 3.63) is 35.1 Å². The van der Waals surface area contributed by atoms with Gasteiger partial charge in [-0.25, -0.2) is 15.0 Å². The molecule has 0 fully saturated rings. The molecule has 0 unspecified atom stereocenters. The highest BCUT2D eigenvalue weighted by molar-refractivity contribution is 7.16. The van der Waals surface area contributed by atoms with E-state index in [0.717, 1.165) is 46.4 Å². The van der Waals surface area contributed by atoms with Gasteiger partial charge in [-0.15, -0.1) is 11.3 Å². The number of nitrogens with one attached hydrogen (secondary N) is 1. The third-order valence-corrected chi connectivity index (χ3v) is 3.83. The van der Waals surface area contributed by atoms with Crippen LogP contribution in [0.3, 0.4) is 0 Å². The summed E-state index contributed by atoms with van der Waals surface area (Å²) in [4.78, 5) is 14.3. The van der Waals surface area contributed by atoms with Gasteiger partial charge in [0.1, 0.15) is 22.2 Å². The molecule has 0 atom stereocenters. The Balaban J connectivity index is 1.84. The summed E-state index contributed by atoms with van der Waals surface area (Å²) in [5.74, 6) is 3.30. The van der Waals surface area contributed by atoms with E-state index in [0.29, 0.717) is 6.54 Å². The molecule has 0 aliphatic rings. The van der Waals surface area contributed by atoms with Crippen LogP contribution >= 0.6 is 11.3 Å². The lowest BCUT2D eigenvalue weighted by atomic mass is 10.3. The van der Waals surface area contributed by atoms with Gasteiger partial charge in [0.25, 0.3) is 0 Å². The van der Waals surface area contributed by atoms with Crippen LogP contribution in [0.5, 0.6) is 0 Å². The van der Waals surface area contributed by atoms with E-state index in [2.05, 4.69) is 27.2 Å². The van der Waals surface area contributed by atoms with Crippen molar-refractivity contribution < 1.29 is 4.42 Å². The predicted octanol–water partition coefficient (Wildman–Crippen LogP) is 3.42. The maximum absolute atomic E-state index is 5.59. The highest BCUT2D eigenvalue weighted by atomic mass is 32.1. The van der Waals surface area contributed by atoms with Gasteiger partial charge in [0, 0.05) is 12.8 Å². The molecule has 6 heteroatoms. The van der Waals surface area contributed by atoms with E-state index in [1.807, 2.05) is 18.4 Å². The smallest absolute Gasteiger partial charge is 0.194 e. The van der Waals surface area contributed by atoms with Gasteiger partial charge < -0.3 is 9.73 Å². The maximum Gasteiger partial charge on any atom is 0.194 e. The third kappa shape index (κ3) is 2.51. The molecule has 3 rings (SSSR count). The number of thiophene rings is 1. The van der Waals surface area contributed by atoms with Crippen LogP contribution in [0.15, 0.2) is 22.1 Å². The van der Waals surface area contributed by atoms with Gasteiger partial charge in [-0.3, -0.25) is 0 Å². The second-order valence-corrected chi connectivity index (χ2v) is 5.30. The fourth-order valence-electron chi connectivity index (χ4n) is 1.96. The van der Waals surface area contributed by atoms with Crippen LogP contribution in [0, 0.1) is 0 Å². The molecule has 0 saturated heterocycles. The Bertz CT molecular complexity index is 719. The summed E-state index contributed by atoms with van der Waals surface area (Å²) in [6.07, 6.45) is 3.39. The largest absolute Gasteiger partial charge is 0.444 e. The van der Waals surface area contributed by atoms with Crippen LogP contribution in [0.1, 0.15) is 31.3 Å². The average molecular weight is 288 g/mol. The van der Waals surface area contributed by atoms with Crippen LogP contribution in [-0.2, 0) is 19.4 Å². The summed E-state index contributed by atoms with van der Waals surface area (Å²) in [5, 5.41) is 6.42. The summed E-state index contributed by atoms with van der Waals surface area (Å²) in [5.41, 5.74) is 0. The van der Waals surface area contributed by atoms with E-state index in [1.54, 1.807) is 17.5 Å².